The van der Waals surface area contributed by atoms with Crippen molar-refractivity contribution in [2.24, 2.45) is 4.99 Å². The molecule has 20 heavy (non-hydrogen) atoms. The SMILES string of the molecule is O=C=NC1(c2cc3c(cc2C(F)(F)F)OCCO3)CC1. The molecule has 3 rings (SSSR count). The second-order valence-corrected chi connectivity index (χ2v) is 4.77. The molecule has 0 atom stereocenters. The highest BCUT2D eigenvalue weighted by Gasteiger charge is 2.50. The highest BCUT2D eigenvalue weighted by molar-refractivity contribution is 5.54. The van der Waals surface area contributed by atoms with Crippen LogP contribution in [0.25, 0.3) is 0 Å². The van der Waals surface area contributed by atoms with Crippen LogP contribution in [0.1, 0.15) is 24.0 Å². The number of fused-ring (bicyclic) bond motifs is 1. The molecule has 1 aromatic carbocycles. The van der Waals surface area contributed by atoms with Crippen molar-refractivity contribution >= 4 is 6.08 Å². The molecule has 1 aromatic rings. The third kappa shape index (κ3) is 2.04. The fourth-order valence-electron chi connectivity index (χ4n) is 2.36. The summed E-state index contributed by atoms with van der Waals surface area (Å²) in [5, 5.41) is 0. The van der Waals surface area contributed by atoms with Gasteiger partial charge in [-0.2, -0.15) is 18.2 Å². The Labute approximate surface area is 112 Å². The Morgan fingerprint density at radius 1 is 1.15 bits per heavy atom. The number of ether oxygens (including phenoxy) is 2. The smallest absolute Gasteiger partial charge is 0.416 e. The molecule has 0 aromatic heterocycles. The van der Waals surface area contributed by atoms with Gasteiger partial charge in [0.15, 0.2) is 11.5 Å². The van der Waals surface area contributed by atoms with Crippen molar-refractivity contribution in [3.05, 3.63) is 23.3 Å². The van der Waals surface area contributed by atoms with Crippen LogP contribution in [0, 0.1) is 0 Å². The highest BCUT2D eigenvalue weighted by Crippen LogP contribution is 2.55. The van der Waals surface area contributed by atoms with E-state index in [1.807, 2.05) is 0 Å². The maximum atomic E-state index is 13.2. The van der Waals surface area contributed by atoms with E-state index in [2.05, 4.69) is 4.99 Å². The summed E-state index contributed by atoms with van der Waals surface area (Å²) >= 11 is 0. The van der Waals surface area contributed by atoms with Crippen LogP contribution < -0.4 is 9.47 Å². The average molecular weight is 285 g/mol. The maximum absolute atomic E-state index is 13.2. The zero-order chi connectivity index (χ0) is 14.4. The summed E-state index contributed by atoms with van der Waals surface area (Å²) in [4.78, 5) is 14.0. The lowest BCUT2D eigenvalue weighted by Gasteiger charge is -2.23. The van der Waals surface area contributed by atoms with Gasteiger partial charge in [-0.3, -0.25) is 0 Å². The molecule has 4 nitrogen and oxygen atoms in total. The number of aliphatic imine (C=N–C) groups is 1. The zero-order valence-corrected chi connectivity index (χ0v) is 10.3. The first-order chi connectivity index (χ1) is 9.46. The fourth-order valence-corrected chi connectivity index (χ4v) is 2.36. The van der Waals surface area contributed by atoms with E-state index in [0.717, 1.165) is 6.07 Å². The number of nitrogens with zero attached hydrogens (tertiary/aromatic N) is 1. The zero-order valence-electron chi connectivity index (χ0n) is 10.3. The van der Waals surface area contributed by atoms with E-state index >= 15 is 0 Å². The molecule has 0 radical (unpaired) electrons. The van der Waals surface area contributed by atoms with Crippen LogP contribution in [0.15, 0.2) is 17.1 Å². The molecule has 0 amide bonds. The Hall–Kier alpha value is -2.01. The lowest BCUT2D eigenvalue weighted by molar-refractivity contribution is -0.138. The van der Waals surface area contributed by atoms with Crippen LogP contribution >= 0.6 is 0 Å². The number of hydrogen-bond acceptors (Lipinski definition) is 4. The maximum Gasteiger partial charge on any atom is 0.416 e. The van der Waals surface area contributed by atoms with Gasteiger partial charge >= 0.3 is 6.18 Å². The Balaban J connectivity index is 2.19. The molecule has 0 N–H and O–H groups in total. The molecule has 1 aliphatic heterocycles. The second kappa shape index (κ2) is 4.24. The Bertz CT molecular complexity index is 602. The molecular formula is C13H10F3NO3. The molecule has 7 heteroatoms. The first-order valence-corrected chi connectivity index (χ1v) is 6.07. The topological polar surface area (TPSA) is 47.9 Å². The van der Waals surface area contributed by atoms with Gasteiger partial charge in [0.25, 0.3) is 0 Å². The molecule has 1 aliphatic carbocycles. The van der Waals surface area contributed by atoms with Crippen LogP contribution in [0.5, 0.6) is 11.5 Å². The van der Waals surface area contributed by atoms with E-state index in [4.69, 9.17) is 9.47 Å². The summed E-state index contributed by atoms with van der Waals surface area (Å²) in [5.41, 5.74) is -1.99. The standard InChI is InChI=1S/C13H10F3NO3/c14-13(15,16)9-6-11-10(19-3-4-20-11)5-8(9)12(1-2-12)17-7-18/h5-6H,1-4H2. The quantitative estimate of drug-likeness (QED) is 0.620. The van der Waals surface area contributed by atoms with Crippen molar-refractivity contribution in [3.63, 3.8) is 0 Å². The van der Waals surface area contributed by atoms with Gasteiger partial charge in [0.2, 0.25) is 6.08 Å². The lowest BCUT2D eigenvalue weighted by atomic mass is 9.97. The number of rotatable bonds is 2. The first kappa shape index (κ1) is 13.0. The van der Waals surface area contributed by atoms with Crippen molar-refractivity contribution in [2.45, 2.75) is 24.6 Å². The predicted octanol–water partition coefficient (Wildman–Crippen LogP) is 2.80. The van der Waals surface area contributed by atoms with Gasteiger partial charge in [0.1, 0.15) is 13.2 Å². The van der Waals surface area contributed by atoms with E-state index in [0.29, 0.717) is 12.8 Å². The summed E-state index contributed by atoms with van der Waals surface area (Å²) in [6.45, 7) is 0.489. The van der Waals surface area contributed by atoms with E-state index < -0.39 is 17.3 Å². The van der Waals surface area contributed by atoms with Crippen molar-refractivity contribution in [3.8, 4) is 11.5 Å². The van der Waals surface area contributed by atoms with Crippen LogP contribution in [0.4, 0.5) is 13.2 Å². The predicted molar refractivity (Wildman–Crippen MR) is 61.5 cm³/mol. The van der Waals surface area contributed by atoms with Gasteiger partial charge in [-0.25, -0.2) is 4.79 Å². The molecule has 0 saturated heterocycles. The largest absolute Gasteiger partial charge is 0.486 e. The molecule has 2 aliphatic rings. The minimum absolute atomic E-state index is 0.0439. The van der Waals surface area contributed by atoms with Crippen LogP contribution in [-0.2, 0) is 16.5 Å². The van der Waals surface area contributed by atoms with E-state index in [1.165, 1.54) is 12.1 Å². The van der Waals surface area contributed by atoms with Crippen LogP contribution in [0.3, 0.4) is 0 Å². The number of benzene rings is 1. The average Bonchev–Trinajstić information content (AvgIpc) is 3.17. The number of hydrogen-bond donors (Lipinski definition) is 0. The molecule has 0 unspecified atom stereocenters. The van der Waals surface area contributed by atoms with Crippen LogP contribution in [-0.4, -0.2) is 19.3 Å². The van der Waals surface area contributed by atoms with E-state index in [-0.39, 0.29) is 30.3 Å². The summed E-state index contributed by atoms with van der Waals surface area (Å²) in [5.74, 6) is 0.324. The van der Waals surface area contributed by atoms with Crippen LogP contribution in [0.2, 0.25) is 0 Å². The fraction of sp³-hybridized carbons (Fsp3) is 0.462. The molecule has 106 valence electrons. The monoisotopic (exact) mass is 285 g/mol. The second-order valence-electron chi connectivity index (χ2n) is 4.77. The van der Waals surface area contributed by atoms with E-state index in [1.54, 1.807) is 0 Å². The van der Waals surface area contributed by atoms with Crippen molar-refractivity contribution in [1.29, 1.82) is 0 Å². The molecule has 1 saturated carbocycles. The summed E-state index contributed by atoms with van der Waals surface area (Å²) in [6, 6.07) is 2.20. The third-order valence-electron chi connectivity index (χ3n) is 3.47. The molecule has 1 fully saturated rings. The third-order valence-corrected chi connectivity index (χ3v) is 3.47. The summed E-state index contributed by atoms with van der Waals surface area (Å²) < 4.78 is 50.0. The van der Waals surface area contributed by atoms with Gasteiger partial charge in [0, 0.05) is 0 Å². The number of halogens is 3. The Morgan fingerprint density at radius 2 is 1.75 bits per heavy atom. The minimum atomic E-state index is -4.54. The molecule has 1 heterocycles. The Kier molecular flexibility index (Phi) is 2.76. The highest BCUT2D eigenvalue weighted by atomic mass is 19.4. The van der Waals surface area contributed by atoms with Gasteiger partial charge in [-0.15, -0.1) is 0 Å². The Morgan fingerprint density at radius 3 is 2.25 bits per heavy atom. The first-order valence-electron chi connectivity index (χ1n) is 6.07. The van der Waals surface area contributed by atoms with E-state index in [9.17, 15) is 18.0 Å². The normalized spacial score (nSPS) is 19.1. The van der Waals surface area contributed by atoms with Gasteiger partial charge in [-0.05, 0) is 30.5 Å². The van der Waals surface area contributed by atoms with Gasteiger partial charge in [0.05, 0.1) is 11.1 Å². The van der Waals surface area contributed by atoms with Crippen molar-refractivity contribution in [2.75, 3.05) is 13.2 Å². The molecule has 0 bridgehead atoms. The molecular weight excluding hydrogens is 275 g/mol. The summed E-state index contributed by atoms with van der Waals surface area (Å²) in [6.07, 6.45) is -2.39. The lowest BCUT2D eigenvalue weighted by Crippen LogP contribution is -2.20. The summed E-state index contributed by atoms with van der Waals surface area (Å²) in [7, 11) is 0. The van der Waals surface area contributed by atoms with Gasteiger partial charge in [-0.1, -0.05) is 0 Å². The number of carbonyl (C=O) groups excluding carboxylic acids is 1. The van der Waals surface area contributed by atoms with Gasteiger partial charge < -0.3 is 9.47 Å². The number of isocyanates is 1. The minimum Gasteiger partial charge on any atom is -0.486 e. The number of alkyl halides is 3. The molecule has 0 spiro atoms. The van der Waals surface area contributed by atoms with Crippen molar-refractivity contribution in [1.82, 2.24) is 0 Å². The van der Waals surface area contributed by atoms with Crippen molar-refractivity contribution < 1.29 is 27.4 Å².